The second kappa shape index (κ2) is 12.6. The van der Waals surface area contributed by atoms with Gasteiger partial charge in [0, 0.05) is 17.0 Å². The number of hydrogen-bond acceptors (Lipinski definition) is 8. The predicted molar refractivity (Wildman–Crippen MR) is 140 cm³/mol. The third kappa shape index (κ3) is 7.19. The number of amides is 1. The zero-order valence-electron chi connectivity index (χ0n) is 20.4. The number of thioether (sulfide) groups is 1. The van der Waals surface area contributed by atoms with Crippen LogP contribution in [-0.2, 0) is 16.1 Å². The number of rotatable bonds is 12. The minimum Gasteiger partial charge on any atom is -0.493 e. The van der Waals surface area contributed by atoms with Crippen LogP contribution in [0.2, 0.25) is 0 Å². The van der Waals surface area contributed by atoms with E-state index in [1.165, 1.54) is 23.1 Å². The maximum Gasteiger partial charge on any atom is 0.341 e. The molecule has 3 aromatic rings. The quantitative estimate of drug-likeness (QED) is 0.195. The number of benzene rings is 1. The van der Waals surface area contributed by atoms with E-state index in [0.29, 0.717) is 40.6 Å². The highest BCUT2D eigenvalue weighted by Crippen LogP contribution is 2.29. The van der Waals surface area contributed by atoms with Crippen molar-refractivity contribution >= 4 is 40.0 Å². The lowest BCUT2D eigenvalue weighted by atomic mass is 10.2. The summed E-state index contributed by atoms with van der Waals surface area (Å²) in [7, 11) is 0. The molecule has 0 saturated carbocycles. The Balaban J connectivity index is 1.69. The average Bonchev–Trinajstić information content (AvgIpc) is 3.40. The number of allylic oxidation sites excluding steroid dienone is 1. The van der Waals surface area contributed by atoms with Crippen LogP contribution in [0.15, 0.2) is 48.1 Å². The maximum atomic E-state index is 12.7. The predicted octanol–water partition coefficient (Wildman–Crippen LogP) is 5.44. The fourth-order valence-electron chi connectivity index (χ4n) is 3.13. The molecule has 0 spiro atoms. The first kappa shape index (κ1) is 26.5. The molecule has 0 bridgehead atoms. The molecule has 0 aliphatic rings. The molecule has 0 fully saturated rings. The van der Waals surface area contributed by atoms with E-state index in [1.54, 1.807) is 19.1 Å². The Morgan fingerprint density at radius 1 is 1.26 bits per heavy atom. The lowest BCUT2D eigenvalue weighted by Crippen LogP contribution is -2.16. The number of ether oxygens (including phenoxy) is 2. The van der Waals surface area contributed by atoms with Gasteiger partial charge in [-0.1, -0.05) is 31.7 Å². The molecule has 2 heterocycles. The van der Waals surface area contributed by atoms with Crippen LogP contribution in [0.3, 0.4) is 0 Å². The average molecular weight is 515 g/mol. The van der Waals surface area contributed by atoms with Gasteiger partial charge in [0.15, 0.2) is 11.0 Å². The maximum absolute atomic E-state index is 12.7. The van der Waals surface area contributed by atoms with E-state index in [2.05, 4.69) is 35.9 Å². The molecule has 0 aliphatic carbocycles. The number of anilines is 1. The number of esters is 1. The van der Waals surface area contributed by atoms with Gasteiger partial charge in [0.25, 0.3) is 0 Å². The largest absolute Gasteiger partial charge is 0.493 e. The molecule has 0 radical (unpaired) electrons. The van der Waals surface area contributed by atoms with Crippen LogP contribution in [0.25, 0.3) is 11.4 Å². The first-order valence-corrected chi connectivity index (χ1v) is 13.1. The normalized spacial score (nSPS) is 10.9. The van der Waals surface area contributed by atoms with E-state index in [0.717, 1.165) is 16.2 Å². The summed E-state index contributed by atoms with van der Waals surface area (Å²) in [6, 6.07) is 9.43. The highest BCUT2D eigenvalue weighted by molar-refractivity contribution is 7.99. The number of nitrogens with zero attached hydrogens (tertiary/aromatic N) is 3. The summed E-state index contributed by atoms with van der Waals surface area (Å²) in [6.07, 6.45) is 1.76. The molecule has 35 heavy (non-hydrogen) atoms. The summed E-state index contributed by atoms with van der Waals surface area (Å²) in [5.74, 6) is 1.34. The molecular formula is C25H30N4O4S2. The van der Waals surface area contributed by atoms with Gasteiger partial charge in [0.05, 0.1) is 24.5 Å². The molecule has 1 aromatic carbocycles. The van der Waals surface area contributed by atoms with E-state index >= 15 is 0 Å². The SMILES string of the molecule is C=CCn1c(SCC(=O)Nc2sc(C)cc2C(=O)OCC)nnc1-c1ccc(OCC(C)C)cc1. The van der Waals surface area contributed by atoms with Crippen molar-refractivity contribution in [2.75, 3.05) is 24.3 Å². The smallest absolute Gasteiger partial charge is 0.341 e. The number of thiophene rings is 1. The van der Waals surface area contributed by atoms with Gasteiger partial charge in [-0.05, 0) is 50.1 Å². The van der Waals surface area contributed by atoms with E-state index in [1.807, 2.05) is 35.8 Å². The Kier molecular flexibility index (Phi) is 9.50. The molecule has 1 amide bonds. The summed E-state index contributed by atoms with van der Waals surface area (Å²) in [5.41, 5.74) is 1.26. The third-order valence-electron chi connectivity index (χ3n) is 4.66. The lowest BCUT2D eigenvalue weighted by molar-refractivity contribution is -0.113. The zero-order valence-corrected chi connectivity index (χ0v) is 22.0. The van der Waals surface area contributed by atoms with Gasteiger partial charge in [0.2, 0.25) is 5.91 Å². The van der Waals surface area contributed by atoms with Crippen LogP contribution < -0.4 is 10.1 Å². The van der Waals surface area contributed by atoms with Crippen LogP contribution >= 0.6 is 23.1 Å². The van der Waals surface area contributed by atoms with Crippen molar-refractivity contribution in [2.24, 2.45) is 5.92 Å². The molecule has 3 rings (SSSR count). The highest BCUT2D eigenvalue weighted by atomic mass is 32.2. The topological polar surface area (TPSA) is 95.3 Å². The van der Waals surface area contributed by atoms with Gasteiger partial charge in [-0.25, -0.2) is 4.79 Å². The fraction of sp³-hybridized carbons (Fsp3) is 0.360. The van der Waals surface area contributed by atoms with E-state index in [4.69, 9.17) is 9.47 Å². The van der Waals surface area contributed by atoms with Crippen LogP contribution in [-0.4, -0.2) is 45.6 Å². The molecule has 1 N–H and O–H groups in total. The summed E-state index contributed by atoms with van der Waals surface area (Å²) in [5, 5.41) is 12.5. The van der Waals surface area contributed by atoms with Crippen molar-refractivity contribution < 1.29 is 19.1 Å². The summed E-state index contributed by atoms with van der Waals surface area (Å²) >= 11 is 2.61. The zero-order chi connectivity index (χ0) is 25.4. The van der Waals surface area contributed by atoms with Crippen LogP contribution in [0, 0.1) is 12.8 Å². The molecule has 0 unspecified atom stereocenters. The van der Waals surface area contributed by atoms with Gasteiger partial charge in [-0.15, -0.1) is 28.1 Å². The van der Waals surface area contributed by atoms with Gasteiger partial charge in [0.1, 0.15) is 10.8 Å². The second-order valence-electron chi connectivity index (χ2n) is 8.09. The summed E-state index contributed by atoms with van der Waals surface area (Å²) in [6.45, 7) is 13.1. The van der Waals surface area contributed by atoms with E-state index < -0.39 is 5.97 Å². The standard InChI is InChI=1S/C25H30N4O4S2/c1-6-12-29-22(18-8-10-19(11-9-18)33-14-16(3)4)27-28-25(29)34-15-21(30)26-23-20(13-17(5)35-23)24(31)32-7-2/h6,8-11,13,16H,1,7,12,14-15H2,2-5H3,(H,26,30). The second-order valence-corrected chi connectivity index (χ2v) is 10.3. The van der Waals surface area contributed by atoms with Gasteiger partial charge in [-0.2, -0.15) is 0 Å². The minimum absolute atomic E-state index is 0.108. The molecule has 10 heteroatoms. The highest BCUT2D eigenvalue weighted by Gasteiger charge is 2.19. The van der Waals surface area contributed by atoms with Gasteiger partial charge < -0.3 is 14.8 Å². The van der Waals surface area contributed by atoms with Crippen LogP contribution in [0.1, 0.15) is 36.0 Å². The van der Waals surface area contributed by atoms with Crippen molar-refractivity contribution in [3.05, 3.63) is 53.4 Å². The van der Waals surface area contributed by atoms with Gasteiger partial charge >= 0.3 is 5.97 Å². The first-order valence-electron chi connectivity index (χ1n) is 11.3. The molecule has 8 nitrogen and oxygen atoms in total. The van der Waals surface area contributed by atoms with Crippen molar-refractivity contribution in [1.29, 1.82) is 0 Å². The number of nitrogens with one attached hydrogen (secondary N) is 1. The van der Waals surface area contributed by atoms with Crippen molar-refractivity contribution in [3.63, 3.8) is 0 Å². The van der Waals surface area contributed by atoms with Crippen molar-refractivity contribution in [3.8, 4) is 17.1 Å². The summed E-state index contributed by atoms with van der Waals surface area (Å²) in [4.78, 5) is 25.7. The Bertz CT molecular complexity index is 1170. The Morgan fingerprint density at radius 2 is 2.00 bits per heavy atom. The molecule has 0 aliphatic heterocycles. The van der Waals surface area contributed by atoms with Crippen molar-refractivity contribution in [1.82, 2.24) is 14.8 Å². The molecular weight excluding hydrogens is 484 g/mol. The Hall–Kier alpha value is -3.11. The van der Waals surface area contributed by atoms with E-state index in [9.17, 15) is 9.59 Å². The fourth-order valence-corrected chi connectivity index (χ4v) is 4.79. The first-order chi connectivity index (χ1) is 16.8. The van der Waals surface area contributed by atoms with Crippen LogP contribution in [0.4, 0.5) is 5.00 Å². The summed E-state index contributed by atoms with van der Waals surface area (Å²) < 4.78 is 12.8. The van der Waals surface area contributed by atoms with Crippen molar-refractivity contribution in [2.45, 2.75) is 39.4 Å². The molecule has 186 valence electrons. The third-order valence-corrected chi connectivity index (χ3v) is 6.59. The number of hydrogen-bond donors (Lipinski definition) is 1. The number of aromatic nitrogens is 3. The minimum atomic E-state index is -0.448. The van der Waals surface area contributed by atoms with Gasteiger partial charge in [-0.3, -0.25) is 9.36 Å². The molecule has 0 saturated heterocycles. The monoisotopic (exact) mass is 514 g/mol. The van der Waals surface area contributed by atoms with E-state index in [-0.39, 0.29) is 18.3 Å². The number of carbonyl (C=O) groups is 2. The molecule has 2 aromatic heterocycles. The number of carbonyl (C=O) groups excluding carboxylic acids is 2. The lowest BCUT2D eigenvalue weighted by Gasteiger charge is -2.10. The van der Waals surface area contributed by atoms with Crippen LogP contribution in [0.5, 0.6) is 5.75 Å². The Labute approximate surface area is 213 Å². The Morgan fingerprint density at radius 3 is 2.66 bits per heavy atom. The molecule has 0 atom stereocenters. The number of aryl methyl sites for hydroxylation is 1.